The molecule has 0 saturated heterocycles. The highest BCUT2D eigenvalue weighted by molar-refractivity contribution is 7.13. The zero-order valence-corrected chi connectivity index (χ0v) is 18.1. The summed E-state index contributed by atoms with van der Waals surface area (Å²) in [5, 5.41) is 3.56. The summed E-state index contributed by atoms with van der Waals surface area (Å²) >= 11 is 1.54. The minimum Gasteiger partial charge on any atom is -0.497 e. The topological polar surface area (TPSA) is 54.5 Å². The van der Waals surface area contributed by atoms with Crippen LogP contribution in [0.3, 0.4) is 0 Å². The molecule has 1 amide bonds. The van der Waals surface area contributed by atoms with Crippen molar-refractivity contribution in [1.82, 2.24) is 15.2 Å². The maximum atomic E-state index is 12.6. The highest BCUT2D eigenvalue weighted by Crippen LogP contribution is 2.23. The SMILES string of the molecule is COc1ccc(CNC(=O)c2nc3c(s2)CCN(CCc2ccccc2)CC3)cc1. The smallest absolute Gasteiger partial charge is 0.280 e. The fourth-order valence-electron chi connectivity index (χ4n) is 3.66. The van der Waals surface area contributed by atoms with Crippen LogP contribution in [0.5, 0.6) is 5.75 Å². The molecule has 1 aliphatic rings. The summed E-state index contributed by atoms with van der Waals surface area (Å²) in [6.07, 6.45) is 2.95. The number of rotatable bonds is 7. The van der Waals surface area contributed by atoms with Crippen molar-refractivity contribution in [3.05, 3.63) is 81.3 Å². The second kappa shape index (κ2) is 9.87. The molecule has 0 unspecified atom stereocenters. The number of aromatic nitrogens is 1. The van der Waals surface area contributed by atoms with Crippen LogP contribution >= 0.6 is 11.3 Å². The number of benzene rings is 2. The van der Waals surface area contributed by atoms with Crippen molar-refractivity contribution >= 4 is 17.2 Å². The summed E-state index contributed by atoms with van der Waals surface area (Å²) < 4.78 is 5.17. The van der Waals surface area contributed by atoms with Crippen LogP contribution < -0.4 is 10.1 Å². The van der Waals surface area contributed by atoms with Crippen molar-refractivity contribution < 1.29 is 9.53 Å². The van der Waals surface area contributed by atoms with E-state index >= 15 is 0 Å². The van der Waals surface area contributed by atoms with Gasteiger partial charge in [0.1, 0.15) is 5.75 Å². The van der Waals surface area contributed by atoms with Gasteiger partial charge in [-0.1, -0.05) is 42.5 Å². The van der Waals surface area contributed by atoms with Gasteiger partial charge in [-0.05, 0) is 36.1 Å². The second-order valence-corrected chi connectivity index (χ2v) is 8.58. The van der Waals surface area contributed by atoms with Crippen LogP contribution in [0.1, 0.15) is 31.5 Å². The number of nitrogens with zero attached hydrogens (tertiary/aromatic N) is 2. The molecule has 0 saturated carbocycles. The molecule has 1 aliphatic heterocycles. The minimum absolute atomic E-state index is 0.0928. The molecule has 2 aromatic carbocycles. The molecule has 4 rings (SSSR count). The number of thiazole rings is 1. The molecule has 3 aromatic rings. The minimum atomic E-state index is -0.0928. The van der Waals surface area contributed by atoms with Gasteiger partial charge in [-0.25, -0.2) is 4.98 Å². The van der Waals surface area contributed by atoms with E-state index in [0.29, 0.717) is 11.6 Å². The van der Waals surface area contributed by atoms with Gasteiger partial charge < -0.3 is 15.0 Å². The normalized spacial score (nSPS) is 14.0. The molecule has 5 nitrogen and oxygen atoms in total. The molecule has 0 radical (unpaired) electrons. The molecular formula is C24H27N3O2S. The highest BCUT2D eigenvalue weighted by Gasteiger charge is 2.20. The monoisotopic (exact) mass is 421 g/mol. The highest BCUT2D eigenvalue weighted by atomic mass is 32.1. The van der Waals surface area contributed by atoms with Crippen molar-refractivity contribution in [2.24, 2.45) is 0 Å². The predicted molar refractivity (Wildman–Crippen MR) is 120 cm³/mol. The van der Waals surface area contributed by atoms with Gasteiger partial charge in [-0.2, -0.15) is 0 Å². The maximum Gasteiger partial charge on any atom is 0.280 e. The van der Waals surface area contributed by atoms with E-state index in [1.54, 1.807) is 18.4 Å². The Hall–Kier alpha value is -2.70. The molecule has 0 spiro atoms. The van der Waals surface area contributed by atoms with Crippen molar-refractivity contribution in [1.29, 1.82) is 0 Å². The number of carbonyl (C=O) groups is 1. The number of hydrogen-bond donors (Lipinski definition) is 1. The molecule has 6 heteroatoms. The molecule has 2 heterocycles. The van der Waals surface area contributed by atoms with Gasteiger partial charge >= 0.3 is 0 Å². The van der Waals surface area contributed by atoms with Crippen LogP contribution in [0.4, 0.5) is 0 Å². The van der Waals surface area contributed by atoms with Gasteiger partial charge in [-0.15, -0.1) is 11.3 Å². The average Bonchev–Trinajstić information content (AvgIpc) is 3.11. The molecule has 1 aromatic heterocycles. The quantitative estimate of drug-likeness (QED) is 0.632. The summed E-state index contributed by atoms with van der Waals surface area (Å²) in [5.41, 5.74) is 3.51. The zero-order chi connectivity index (χ0) is 20.8. The molecule has 156 valence electrons. The number of methoxy groups -OCH3 is 1. The molecule has 1 N–H and O–H groups in total. The van der Waals surface area contributed by atoms with Gasteiger partial charge in [0.25, 0.3) is 5.91 Å². The Labute approximate surface area is 181 Å². The fraction of sp³-hybridized carbons (Fsp3) is 0.333. The lowest BCUT2D eigenvalue weighted by molar-refractivity contribution is 0.0950. The first kappa shape index (κ1) is 20.6. The van der Waals surface area contributed by atoms with Crippen LogP contribution in [0, 0.1) is 0 Å². The summed E-state index contributed by atoms with van der Waals surface area (Å²) in [7, 11) is 1.64. The van der Waals surface area contributed by atoms with Gasteiger partial charge in [0, 0.05) is 37.5 Å². The first-order chi connectivity index (χ1) is 14.7. The number of ether oxygens (including phenoxy) is 1. The number of amides is 1. The number of carbonyl (C=O) groups excluding carboxylic acids is 1. The third-order valence-electron chi connectivity index (χ3n) is 5.46. The van der Waals surface area contributed by atoms with Crippen molar-refractivity contribution in [3.63, 3.8) is 0 Å². The molecule has 30 heavy (non-hydrogen) atoms. The van der Waals surface area contributed by atoms with Crippen molar-refractivity contribution in [3.8, 4) is 5.75 Å². The molecule has 0 bridgehead atoms. The Balaban J connectivity index is 1.29. The Morgan fingerprint density at radius 3 is 2.60 bits per heavy atom. The van der Waals surface area contributed by atoms with Crippen molar-refractivity contribution in [2.45, 2.75) is 25.8 Å². The Morgan fingerprint density at radius 2 is 1.83 bits per heavy atom. The Kier molecular flexibility index (Phi) is 6.77. The van der Waals surface area contributed by atoms with Crippen LogP contribution in [0.15, 0.2) is 54.6 Å². The molecular weight excluding hydrogens is 394 g/mol. The van der Waals surface area contributed by atoms with E-state index in [1.807, 2.05) is 24.3 Å². The Bertz CT molecular complexity index is 944. The first-order valence-corrected chi connectivity index (χ1v) is 11.2. The molecule has 0 atom stereocenters. The molecule has 0 aliphatic carbocycles. The maximum absolute atomic E-state index is 12.6. The number of hydrogen-bond acceptors (Lipinski definition) is 5. The molecule has 0 fully saturated rings. The largest absolute Gasteiger partial charge is 0.497 e. The standard InChI is InChI=1S/C24H27N3O2S/c1-29-20-9-7-19(8-10-20)17-25-23(28)24-26-21-12-15-27(16-13-22(21)30-24)14-11-18-5-3-2-4-6-18/h2-10H,11-17H2,1H3,(H,25,28). The summed E-state index contributed by atoms with van der Waals surface area (Å²) in [6, 6.07) is 18.3. The van der Waals surface area contributed by atoms with Gasteiger partial charge in [0.2, 0.25) is 0 Å². The Morgan fingerprint density at radius 1 is 1.07 bits per heavy atom. The lowest BCUT2D eigenvalue weighted by Crippen LogP contribution is -2.29. The second-order valence-electron chi connectivity index (χ2n) is 7.50. The van der Waals surface area contributed by atoms with E-state index in [9.17, 15) is 4.79 Å². The van der Waals surface area contributed by atoms with Gasteiger partial charge in [0.05, 0.1) is 12.8 Å². The van der Waals surface area contributed by atoms with Crippen LogP contribution in [-0.2, 0) is 25.8 Å². The average molecular weight is 422 g/mol. The predicted octanol–water partition coefficient (Wildman–Crippen LogP) is 3.73. The van der Waals surface area contributed by atoms with Crippen LogP contribution in [0.2, 0.25) is 0 Å². The first-order valence-electron chi connectivity index (χ1n) is 10.4. The van der Waals surface area contributed by atoms with Gasteiger partial charge in [0.15, 0.2) is 5.01 Å². The number of fused-ring (bicyclic) bond motifs is 1. The van der Waals surface area contributed by atoms with E-state index in [-0.39, 0.29) is 5.91 Å². The summed E-state index contributed by atoms with van der Waals surface area (Å²) in [5.74, 6) is 0.719. The fourth-order valence-corrected chi connectivity index (χ4v) is 4.68. The number of nitrogens with one attached hydrogen (secondary N) is 1. The van der Waals surface area contributed by atoms with Gasteiger partial charge in [-0.3, -0.25) is 4.79 Å². The van der Waals surface area contributed by atoms with E-state index in [1.165, 1.54) is 10.4 Å². The summed E-state index contributed by atoms with van der Waals surface area (Å²) in [6.45, 7) is 3.57. The zero-order valence-electron chi connectivity index (χ0n) is 17.3. The lowest BCUT2D eigenvalue weighted by Gasteiger charge is -2.19. The summed E-state index contributed by atoms with van der Waals surface area (Å²) in [4.78, 5) is 21.0. The third kappa shape index (κ3) is 5.26. The van der Waals surface area contributed by atoms with Crippen LogP contribution in [0.25, 0.3) is 0 Å². The van der Waals surface area contributed by atoms with E-state index in [0.717, 1.165) is 55.9 Å². The van der Waals surface area contributed by atoms with E-state index in [2.05, 4.69) is 45.5 Å². The van der Waals surface area contributed by atoms with Crippen molar-refractivity contribution in [2.75, 3.05) is 26.7 Å². The van der Waals surface area contributed by atoms with E-state index in [4.69, 9.17) is 4.74 Å². The lowest BCUT2D eigenvalue weighted by atomic mass is 10.1. The van der Waals surface area contributed by atoms with Crippen LogP contribution in [-0.4, -0.2) is 42.5 Å². The third-order valence-corrected chi connectivity index (χ3v) is 6.62. The van der Waals surface area contributed by atoms with E-state index < -0.39 is 0 Å².